The average Bonchev–Trinajstić information content (AvgIpc) is 2.01. The summed E-state index contributed by atoms with van der Waals surface area (Å²) in [5.41, 5.74) is 4.96. The van der Waals surface area contributed by atoms with Gasteiger partial charge in [-0.05, 0) is 19.9 Å². The largest absolute Gasteiger partial charge is 0.383 e. The van der Waals surface area contributed by atoms with Crippen LogP contribution in [-0.2, 0) is 0 Å². The Bertz CT molecular complexity index is 379. The van der Waals surface area contributed by atoms with Crippen LogP contribution in [0.4, 0.5) is 5.82 Å². The van der Waals surface area contributed by atoms with Crippen molar-refractivity contribution in [2.24, 2.45) is 0 Å². The van der Waals surface area contributed by atoms with Gasteiger partial charge < -0.3 is 10.8 Å². The predicted molar refractivity (Wildman–Crippen MR) is 56.8 cm³/mol. The number of pyridine rings is 1. The summed E-state index contributed by atoms with van der Waals surface area (Å²) in [5, 5.41) is 9.82. The Morgan fingerprint density at radius 1 is 1.57 bits per heavy atom. The molecule has 0 atom stereocenters. The van der Waals surface area contributed by atoms with Crippen LogP contribution in [0.5, 0.6) is 0 Å². The number of anilines is 1. The molecular formula is C10H11ClN2O. The molecule has 1 heterocycles. The van der Waals surface area contributed by atoms with Gasteiger partial charge in [0.25, 0.3) is 0 Å². The van der Waals surface area contributed by atoms with Gasteiger partial charge in [-0.25, -0.2) is 4.98 Å². The average molecular weight is 211 g/mol. The third-order valence-corrected chi connectivity index (χ3v) is 1.74. The first-order chi connectivity index (χ1) is 6.40. The topological polar surface area (TPSA) is 59.1 Å². The van der Waals surface area contributed by atoms with E-state index < -0.39 is 5.60 Å². The molecule has 0 aliphatic heterocycles. The van der Waals surface area contributed by atoms with Gasteiger partial charge >= 0.3 is 0 Å². The lowest BCUT2D eigenvalue weighted by Gasteiger charge is -2.06. The number of aromatic nitrogens is 1. The maximum Gasteiger partial charge on any atom is 0.140 e. The maximum atomic E-state index is 9.38. The van der Waals surface area contributed by atoms with Crippen molar-refractivity contribution < 1.29 is 5.11 Å². The number of nitrogens with zero attached hydrogens (tertiary/aromatic N) is 1. The van der Waals surface area contributed by atoms with Crippen molar-refractivity contribution in [3.05, 3.63) is 22.8 Å². The zero-order chi connectivity index (χ0) is 10.8. The fourth-order valence-corrected chi connectivity index (χ4v) is 0.993. The van der Waals surface area contributed by atoms with Gasteiger partial charge in [0.1, 0.15) is 11.4 Å². The van der Waals surface area contributed by atoms with Gasteiger partial charge in [0.2, 0.25) is 0 Å². The van der Waals surface area contributed by atoms with E-state index in [2.05, 4.69) is 16.8 Å². The second kappa shape index (κ2) is 3.87. The van der Waals surface area contributed by atoms with Crippen molar-refractivity contribution in [2.75, 3.05) is 5.73 Å². The van der Waals surface area contributed by atoms with Crippen molar-refractivity contribution >= 4 is 17.4 Å². The van der Waals surface area contributed by atoms with Crippen LogP contribution in [0.1, 0.15) is 19.4 Å². The van der Waals surface area contributed by atoms with Crippen LogP contribution in [-0.4, -0.2) is 15.7 Å². The summed E-state index contributed by atoms with van der Waals surface area (Å²) >= 11 is 5.85. The minimum absolute atomic E-state index is 0.272. The third kappa shape index (κ3) is 2.91. The number of hydrogen-bond donors (Lipinski definition) is 2. The Hall–Kier alpha value is -1.24. The Morgan fingerprint density at radius 2 is 2.21 bits per heavy atom. The molecule has 0 saturated carbocycles. The molecule has 1 aromatic heterocycles. The minimum atomic E-state index is -1.06. The van der Waals surface area contributed by atoms with E-state index in [1.54, 1.807) is 19.9 Å². The quantitative estimate of drug-likeness (QED) is 0.637. The molecule has 14 heavy (non-hydrogen) atoms. The molecular weight excluding hydrogens is 200 g/mol. The van der Waals surface area contributed by atoms with Gasteiger partial charge in [0, 0.05) is 6.20 Å². The lowest BCUT2D eigenvalue weighted by atomic mass is 10.1. The molecule has 0 radical (unpaired) electrons. The highest BCUT2D eigenvalue weighted by molar-refractivity contribution is 6.32. The van der Waals surface area contributed by atoms with E-state index in [1.807, 2.05) is 0 Å². The molecule has 0 aromatic carbocycles. The first-order valence-electron chi connectivity index (χ1n) is 4.06. The van der Waals surface area contributed by atoms with E-state index in [1.165, 1.54) is 6.20 Å². The van der Waals surface area contributed by atoms with Crippen molar-refractivity contribution in [1.82, 2.24) is 4.98 Å². The Balaban J connectivity index is 3.13. The van der Waals surface area contributed by atoms with Crippen molar-refractivity contribution in [1.29, 1.82) is 0 Å². The molecule has 0 unspecified atom stereocenters. The van der Waals surface area contributed by atoms with E-state index in [4.69, 9.17) is 17.3 Å². The highest BCUT2D eigenvalue weighted by atomic mass is 35.5. The van der Waals surface area contributed by atoms with Crippen LogP contribution < -0.4 is 5.73 Å². The summed E-state index contributed by atoms with van der Waals surface area (Å²) in [6.45, 7) is 3.17. The summed E-state index contributed by atoms with van der Waals surface area (Å²) in [4.78, 5) is 3.85. The summed E-state index contributed by atoms with van der Waals surface area (Å²) in [7, 11) is 0. The van der Waals surface area contributed by atoms with Gasteiger partial charge in [-0.1, -0.05) is 23.4 Å². The van der Waals surface area contributed by atoms with Gasteiger partial charge in [-0.2, -0.15) is 0 Å². The number of hydrogen-bond acceptors (Lipinski definition) is 3. The van der Waals surface area contributed by atoms with Crippen LogP contribution in [0.2, 0.25) is 5.02 Å². The molecule has 0 aliphatic rings. The molecule has 0 spiro atoms. The second-order valence-electron chi connectivity index (χ2n) is 3.36. The van der Waals surface area contributed by atoms with Gasteiger partial charge in [-0.15, -0.1) is 0 Å². The molecule has 0 saturated heterocycles. The van der Waals surface area contributed by atoms with Crippen LogP contribution in [0.25, 0.3) is 0 Å². The highest BCUT2D eigenvalue weighted by Crippen LogP contribution is 2.18. The fraction of sp³-hybridized carbons (Fsp3) is 0.300. The van der Waals surface area contributed by atoms with Crippen LogP contribution in [0.15, 0.2) is 12.3 Å². The smallest absolute Gasteiger partial charge is 0.140 e. The predicted octanol–water partition coefficient (Wildman–Crippen LogP) is 1.44. The molecule has 0 amide bonds. The standard InChI is InChI=1S/C10H11ClN2O/c1-10(2,14)5-3-7-8(11)4-6-13-9(7)12/h4,6,14H,1-2H3,(H2,12,13). The summed E-state index contributed by atoms with van der Waals surface area (Å²) in [6, 6.07) is 1.60. The zero-order valence-corrected chi connectivity index (χ0v) is 8.76. The van der Waals surface area contributed by atoms with E-state index >= 15 is 0 Å². The Kier molecular flexibility index (Phi) is 3.00. The van der Waals surface area contributed by atoms with E-state index in [9.17, 15) is 5.11 Å². The number of rotatable bonds is 0. The van der Waals surface area contributed by atoms with Crippen molar-refractivity contribution in [2.45, 2.75) is 19.4 Å². The minimum Gasteiger partial charge on any atom is -0.383 e. The van der Waals surface area contributed by atoms with E-state index in [0.717, 1.165) is 0 Å². The fourth-order valence-electron chi connectivity index (χ4n) is 0.792. The van der Waals surface area contributed by atoms with Gasteiger partial charge in [-0.3, -0.25) is 0 Å². The molecule has 0 fully saturated rings. The van der Waals surface area contributed by atoms with Crippen molar-refractivity contribution in [3.8, 4) is 11.8 Å². The summed E-state index contributed by atoms with van der Waals surface area (Å²) < 4.78 is 0. The zero-order valence-electron chi connectivity index (χ0n) is 8.00. The van der Waals surface area contributed by atoms with Crippen LogP contribution >= 0.6 is 11.6 Å². The van der Waals surface area contributed by atoms with Crippen LogP contribution in [0, 0.1) is 11.8 Å². The monoisotopic (exact) mass is 210 g/mol. The van der Waals surface area contributed by atoms with E-state index in [0.29, 0.717) is 10.6 Å². The molecule has 1 rings (SSSR count). The van der Waals surface area contributed by atoms with Crippen molar-refractivity contribution in [3.63, 3.8) is 0 Å². The lowest BCUT2D eigenvalue weighted by molar-refractivity contribution is 0.143. The molecule has 0 aliphatic carbocycles. The normalized spacial score (nSPS) is 10.6. The summed E-state index contributed by atoms with van der Waals surface area (Å²) in [5.74, 6) is 5.60. The third-order valence-electron chi connectivity index (χ3n) is 1.42. The molecule has 1 aromatic rings. The SMILES string of the molecule is CC(C)(O)C#Cc1c(Cl)ccnc1N. The molecule has 4 heteroatoms. The van der Waals surface area contributed by atoms with Crippen LogP contribution in [0.3, 0.4) is 0 Å². The first-order valence-corrected chi connectivity index (χ1v) is 4.43. The Labute approximate surface area is 87.9 Å². The molecule has 3 N–H and O–H groups in total. The highest BCUT2D eigenvalue weighted by Gasteiger charge is 2.07. The first kappa shape index (κ1) is 10.8. The molecule has 74 valence electrons. The number of nitrogens with two attached hydrogens (primary N) is 1. The molecule has 3 nitrogen and oxygen atoms in total. The van der Waals surface area contributed by atoms with E-state index in [-0.39, 0.29) is 5.82 Å². The molecule has 0 bridgehead atoms. The second-order valence-corrected chi connectivity index (χ2v) is 3.77. The number of aliphatic hydroxyl groups is 1. The Morgan fingerprint density at radius 3 is 2.71 bits per heavy atom. The number of halogens is 1. The maximum absolute atomic E-state index is 9.38. The summed E-state index contributed by atoms with van der Waals surface area (Å²) in [6.07, 6.45) is 1.51. The lowest BCUT2D eigenvalue weighted by Crippen LogP contribution is -2.14. The number of nitrogen functional groups attached to an aromatic ring is 1. The van der Waals surface area contributed by atoms with Gasteiger partial charge in [0.15, 0.2) is 0 Å². The van der Waals surface area contributed by atoms with Gasteiger partial charge in [0.05, 0.1) is 10.6 Å².